The molecule has 12 aromatic heterocycles. The van der Waals surface area contributed by atoms with Crippen LogP contribution >= 0.6 is 0 Å². The number of aryl methyl sites for hydroxylation is 6. The zero-order valence-corrected chi connectivity index (χ0v) is 55.7. The summed E-state index contributed by atoms with van der Waals surface area (Å²) >= 11 is 0. The van der Waals surface area contributed by atoms with Gasteiger partial charge in [-0.15, -0.1) is 0 Å². The minimum Gasteiger partial charge on any atom is -0.370 e. The van der Waals surface area contributed by atoms with Crippen LogP contribution in [0.1, 0.15) is 94.0 Å². The number of rotatable bonds is 10. The number of piperazine rings is 1. The lowest BCUT2D eigenvalue weighted by atomic mass is 10.0. The van der Waals surface area contributed by atoms with Crippen molar-refractivity contribution in [1.82, 2.24) is 87.1 Å². The molecule has 0 radical (unpaired) electrons. The van der Waals surface area contributed by atoms with Crippen molar-refractivity contribution in [1.29, 1.82) is 0 Å². The van der Waals surface area contributed by atoms with E-state index in [1.54, 1.807) is 31.4 Å². The van der Waals surface area contributed by atoms with Crippen LogP contribution in [-0.4, -0.2) is 173 Å². The Labute approximate surface area is 550 Å². The lowest BCUT2D eigenvalue weighted by molar-refractivity contribution is 0.208. The first-order valence-electron chi connectivity index (χ1n) is 33.7. The molecule has 0 bridgehead atoms. The number of hydrogen-bond acceptors (Lipinski definition) is 18. The standard InChI is InChI=1S/C26H31N7O.C23H27N7O.C22H25N7O/c1-3-21-24-14-23(29-33(24)16-18(2)27-21)22-15-26(34)32-17-20(6-7-25(32)28-22)31-12-8-19(9-13-31)30-10-4-5-11-30;1-4-18-21-12-20(26-30(21)14-16(2)24-18)19-13-23(31)29-15-17(6-7-22(29)25-19)28-9-5-8-27(3)10-11-28;1-4-17-20-9-19(26-29(20)12-15(3)24-17)18-10-22(30)28-13-16(5-6-21(28)25-18)27-8-7-23-14(2)11-27/h6-7,14-17,19H,3-5,8-13H2,1-2H3;6-7,12-15H,4-5,8-11H2,1-3H3;5-6,9-10,12-14,23H,4,7-8,11H2,1-3H3/t;;14-/m..0/s1. The van der Waals surface area contributed by atoms with Crippen molar-refractivity contribution in [3.63, 3.8) is 0 Å². The Bertz CT molecular complexity index is 5030. The molecule has 1 N–H and O–H groups in total. The number of likely N-dealkylation sites (tertiary alicyclic amines) is 1. The largest absolute Gasteiger partial charge is 0.370 e. The second-order valence-electron chi connectivity index (χ2n) is 25.8. The Morgan fingerprint density at radius 3 is 1.25 bits per heavy atom. The first-order chi connectivity index (χ1) is 46.1. The summed E-state index contributed by atoms with van der Waals surface area (Å²) in [4.78, 5) is 79.0. The highest BCUT2D eigenvalue weighted by molar-refractivity contribution is 5.70. The molecule has 0 spiro atoms. The van der Waals surface area contributed by atoms with Crippen molar-refractivity contribution in [3.8, 4) is 34.2 Å². The van der Waals surface area contributed by atoms with Gasteiger partial charge in [0, 0.05) is 101 Å². The van der Waals surface area contributed by atoms with Crippen LogP contribution in [0.25, 0.3) is 67.7 Å². The SMILES string of the molecule is CCc1nc(C)cn2nc(-c3cc(=O)n4cc(N5CCC(N6CCCC6)CC5)ccc4n3)cc12.CCc1nc(C)cn2nc(-c3cc(=O)n4cc(N5CCCN(C)CC5)ccc4n3)cc12.CCc1nc(C)cn2nc(-c3cc(=O)n4cc(N5CCN[C@@H](C)C5)ccc4n3)cc12. The van der Waals surface area contributed by atoms with E-state index in [1.807, 2.05) is 114 Å². The number of fused-ring (bicyclic) bond motifs is 6. The van der Waals surface area contributed by atoms with Gasteiger partial charge in [-0.05, 0) is 160 Å². The number of pyridine rings is 3. The maximum Gasteiger partial charge on any atom is 0.258 e. The van der Waals surface area contributed by atoms with E-state index in [9.17, 15) is 14.4 Å². The molecule has 4 fully saturated rings. The van der Waals surface area contributed by atoms with Crippen LogP contribution < -0.4 is 36.7 Å². The molecular formula is C71H83N21O3. The summed E-state index contributed by atoms with van der Waals surface area (Å²) < 4.78 is 10.4. The highest BCUT2D eigenvalue weighted by atomic mass is 16.1. The highest BCUT2D eigenvalue weighted by Gasteiger charge is 2.27. The van der Waals surface area contributed by atoms with Gasteiger partial charge in [0.25, 0.3) is 16.7 Å². The van der Waals surface area contributed by atoms with E-state index >= 15 is 0 Å². The monoisotopic (exact) mass is 1280 g/mol. The molecule has 0 aromatic carbocycles. The molecule has 16 rings (SSSR count). The van der Waals surface area contributed by atoms with Gasteiger partial charge in [-0.25, -0.2) is 28.5 Å². The summed E-state index contributed by atoms with van der Waals surface area (Å²) in [7, 11) is 2.15. The number of anilines is 3. The maximum atomic E-state index is 13.1. The molecule has 490 valence electrons. The first-order valence-corrected chi connectivity index (χ1v) is 33.7. The number of nitrogens with zero attached hydrogens (tertiary/aromatic N) is 20. The molecule has 4 saturated heterocycles. The van der Waals surface area contributed by atoms with Crippen LogP contribution in [0.5, 0.6) is 0 Å². The molecule has 1 atom stereocenters. The summed E-state index contributed by atoms with van der Waals surface area (Å²) in [6, 6.07) is 23.7. The third-order valence-electron chi connectivity index (χ3n) is 19.0. The molecule has 0 aliphatic carbocycles. The van der Waals surface area contributed by atoms with Crippen molar-refractivity contribution in [2.45, 2.75) is 112 Å². The smallest absolute Gasteiger partial charge is 0.258 e. The van der Waals surface area contributed by atoms with E-state index in [0.29, 0.717) is 63.2 Å². The zero-order chi connectivity index (χ0) is 65.6. The normalized spacial score (nSPS) is 16.9. The third kappa shape index (κ3) is 13.0. The minimum absolute atomic E-state index is 0.0871. The zero-order valence-electron chi connectivity index (χ0n) is 55.7. The highest BCUT2D eigenvalue weighted by Crippen LogP contribution is 2.28. The van der Waals surface area contributed by atoms with Crippen molar-refractivity contribution < 1.29 is 0 Å². The van der Waals surface area contributed by atoms with E-state index in [-0.39, 0.29) is 16.7 Å². The molecule has 0 unspecified atom stereocenters. The summed E-state index contributed by atoms with van der Waals surface area (Å²) in [5, 5.41) is 17.4. The molecule has 0 saturated carbocycles. The predicted octanol–water partition coefficient (Wildman–Crippen LogP) is 7.83. The number of nitrogens with one attached hydrogen (secondary N) is 1. The van der Waals surface area contributed by atoms with Gasteiger partial charge in [0.1, 0.15) is 34.0 Å². The van der Waals surface area contributed by atoms with Crippen molar-refractivity contribution in [2.24, 2.45) is 0 Å². The van der Waals surface area contributed by atoms with Gasteiger partial charge in [-0.3, -0.25) is 42.5 Å². The van der Waals surface area contributed by atoms with Gasteiger partial charge < -0.3 is 29.8 Å². The van der Waals surface area contributed by atoms with E-state index in [1.165, 1.54) is 38.8 Å². The molecule has 4 aliphatic heterocycles. The Kier molecular flexibility index (Phi) is 17.5. The summed E-state index contributed by atoms with van der Waals surface area (Å²) in [5.74, 6) is 0. The molecule has 95 heavy (non-hydrogen) atoms. The van der Waals surface area contributed by atoms with Crippen LogP contribution in [0.15, 0.2) is 124 Å². The molecule has 4 aliphatic rings. The van der Waals surface area contributed by atoms with E-state index in [2.05, 4.69) is 107 Å². The molecule has 24 heteroatoms. The number of piperidine rings is 1. The Morgan fingerprint density at radius 1 is 0.432 bits per heavy atom. The quantitative estimate of drug-likeness (QED) is 0.138. The summed E-state index contributed by atoms with van der Waals surface area (Å²) in [6.45, 7) is 25.7. The van der Waals surface area contributed by atoms with Crippen LogP contribution in [0.3, 0.4) is 0 Å². The maximum absolute atomic E-state index is 13.1. The number of hydrogen-bond donors (Lipinski definition) is 1. The van der Waals surface area contributed by atoms with E-state index in [0.717, 1.165) is 152 Å². The van der Waals surface area contributed by atoms with Gasteiger partial charge >= 0.3 is 0 Å². The van der Waals surface area contributed by atoms with Crippen LogP contribution in [0.4, 0.5) is 17.1 Å². The fraction of sp³-hybridized carbons (Fsp3) is 0.408. The topological polar surface area (TPSA) is 222 Å². The lowest BCUT2D eigenvalue weighted by Gasteiger charge is -2.37. The minimum atomic E-state index is -0.109. The lowest BCUT2D eigenvalue weighted by Crippen LogP contribution is -2.49. The molecule has 0 amide bonds. The number of likely N-dealkylation sites (N-methyl/N-ethyl adjacent to an activating group) is 1. The average molecular weight is 1280 g/mol. The van der Waals surface area contributed by atoms with Gasteiger partial charge in [0.2, 0.25) is 0 Å². The fourth-order valence-corrected chi connectivity index (χ4v) is 14.0. The Hall–Kier alpha value is -9.78. The van der Waals surface area contributed by atoms with Gasteiger partial charge in [0.15, 0.2) is 0 Å². The van der Waals surface area contributed by atoms with E-state index < -0.39 is 0 Å². The van der Waals surface area contributed by atoms with Crippen LogP contribution in [0.2, 0.25) is 0 Å². The van der Waals surface area contributed by atoms with Crippen molar-refractivity contribution in [2.75, 3.05) is 93.7 Å². The Morgan fingerprint density at radius 2 is 0.842 bits per heavy atom. The van der Waals surface area contributed by atoms with Crippen molar-refractivity contribution in [3.05, 3.63) is 175 Å². The summed E-state index contributed by atoms with van der Waals surface area (Å²) in [6.07, 6.45) is 20.1. The van der Waals surface area contributed by atoms with Crippen LogP contribution in [-0.2, 0) is 19.3 Å². The van der Waals surface area contributed by atoms with Crippen LogP contribution in [0, 0.1) is 20.8 Å². The first kappa shape index (κ1) is 62.7. The molecule has 24 nitrogen and oxygen atoms in total. The summed E-state index contributed by atoms with van der Waals surface area (Å²) in [5.41, 5.74) is 17.1. The third-order valence-corrected chi connectivity index (χ3v) is 19.0. The molecular weight excluding hydrogens is 1190 g/mol. The van der Waals surface area contributed by atoms with E-state index in [4.69, 9.17) is 15.0 Å². The second kappa shape index (κ2) is 26.5. The van der Waals surface area contributed by atoms with Gasteiger partial charge in [-0.1, -0.05) is 20.8 Å². The second-order valence-corrected chi connectivity index (χ2v) is 25.8. The molecule has 16 heterocycles. The molecule has 12 aromatic rings. The van der Waals surface area contributed by atoms with Gasteiger partial charge in [0.05, 0.1) is 103 Å². The van der Waals surface area contributed by atoms with Crippen molar-refractivity contribution >= 4 is 50.6 Å². The average Bonchev–Trinajstić information content (AvgIpc) is 1.75. The predicted molar refractivity (Wildman–Crippen MR) is 373 cm³/mol. The van der Waals surface area contributed by atoms with Gasteiger partial charge in [-0.2, -0.15) is 15.3 Å². The number of aromatic nitrogens is 15. The fourth-order valence-electron chi connectivity index (χ4n) is 14.0. The Balaban J connectivity index is 0.000000123.